The number of benzene rings is 1. The lowest BCUT2D eigenvalue weighted by atomic mass is 10.3. The average Bonchev–Trinajstić information content (AvgIpc) is 2.42. The molecule has 0 aliphatic carbocycles. The zero-order chi connectivity index (χ0) is 17.5. The summed E-state index contributed by atoms with van der Waals surface area (Å²) in [6.07, 6.45) is -3.82. The molecule has 0 saturated carbocycles. The summed E-state index contributed by atoms with van der Waals surface area (Å²) in [4.78, 5) is 12.9. The molecule has 0 aliphatic rings. The lowest BCUT2D eigenvalue weighted by molar-refractivity contribution is -0.143. The van der Waals surface area contributed by atoms with Crippen LogP contribution < -0.4 is 15.4 Å². The topological polar surface area (TPSA) is 53.6 Å². The lowest BCUT2D eigenvalue weighted by Gasteiger charge is -2.18. The van der Waals surface area contributed by atoms with Crippen molar-refractivity contribution in [3.05, 3.63) is 23.2 Å². The second kappa shape index (κ2) is 8.83. The van der Waals surface area contributed by atoms with Crippen LogP contribution >= 0.6 is 11.6 Å². The molecular weight excluding hydrogens is 335 g/mol. The van der Waals surface area contributed by atoms with E-state index in [4.69, 9.17) is 16.3 Å². The summed E-state index contributed by atoms with van der Waals surface area (Å²) in [5.41, 5.74) is 0.409. The number of ether oxygens (including phenoxy) is 1. The van der Waals surface area contributed by atoms with Gasteiger partial charge in [-0.05, 0) is 38.2 Å². The first-order valence-corrected chi connectivity index (χ1v) is 7.23. The third-order valence-corrected chi connectivity index (χ3v) is 3.10. The quantitative estimate of drug-likeness (QED) is 0.739. The summed E-state index contributed by atoms with van der Waals surface area (Å²) in [6.45, 7) is -0.504. The molecule has 23 heavy (non-hydrogen) atoms. The molecule has 9 heteroatoms. The van der Waals surface area contributed by atoms with Gasteiger partial charge in [-0.2, -0.15) is 13.2 Å². The molecule has 2 N–H and O–H groups in total. The molecule has 0 saturated heterocycles. The molecule has 2 amide bonds. The number of halogens is 4. The summed E-state index contributed by atoms with van der Waals surface area (Å²) >= 11 is 5.85. The molecule has 0 fully saturated rings. The van der Waals surface area contributed by atoms with Gasteiger partial charge in [0.05, 0.1) is 19.3 Å². The van der Waals surface area contributed by atoms with E-state index in [1.54, 1.807) is 12.1 Å². The molecule has 0 atom stereocenters. The van der Waals surface area contributed by atoms with Gasteiger partial charge in [0.2, 0.25) is 0 Å². The Balaban J connectivity index is 2.34. The minimum absolute atomic E-state index is 0.222. The van der Waals surface area contributed by atoms with Crippen molar-refractivity contribution in [3.8, 4) is 5.75 Å². The number of alkyl halides is 3. The van der Waals surface area contributed by atoms with Gasteiger partial charge in [0, 0.05) is 11.6 Å². The minimum atomic E-state index is -4.22. The summed E-state index contributed by atoms with van der Waals surface area (Å²) in [5, 5.41) is 5.58. The number of rotatable bonds is 7. The molecule has 0 radical (unpaired) electrons. The van der Waals surface area contributed by atoms with Crippen LogP contribution in [-0.4, -0.2) is 50.9 Å². The van der Waals surface area contributed by atoms with E-state index in [0.29, 0.717) is 22.9 Å². The van der Waals surface area contributed by atoms with E-state index >= 15 is 0 Å². The van der Waals surface area contributed by atoms with Crippen molar-refractivity contribution in [2.45, 2.75) is 12.6 Å². The summed E-state index contributed by atoms with van der Waals surface area (Å²) in [5.74, 6) is 0.453. The fourth-order valence-corrected chi connectivity index (χ4v) is 2.05. The number of carbonyl (C=O) groups is 1. The van der Waals surface area contributed by atoms with Crippen LogP contribution in [0.15, 0.2) is 18.2 Å². The van der Waals surface area contributed by atoms with Crippen LogP contribution in [0.25, 0.3) is 0 Å². The molecular formula is C14H19ClF3N3O2. The van der Waals surface area contributed by atoms with E-state index in [9.17, 15) is 18.0 Å². The van der Waals surface area contributed by atoms with Gasteiger partial charge in [-0.15, -0.1) is 0 Å². The molecule has 0 spiro atoms. The normalized spacial score (nSPS) is 11.4. The first kappa shape index (κ1) is 19.4. The highest BCUT2D eigenvalue weighted by Crippen LogP contribution is 2.27. The van der Waals surface area contributed by atoms with E-state index in [-0.39, 0.29) is 13.1 Å². The van der Waals surface area contributed by atoms with Crippen molar-refractivity contribution < 1.29 is 22.7 Å². The third-order valence-electron chi connectivity index (χ3n) is 2.86. The van der Waals surface area contributed by atoms with Gasteiger partial charge in [0.25, 0.3) is 0 Å². The van der Waals surface area contributed by atoms with Crippen LogP contribution in [0.2, 0.25) is 5.02 Å². The van der Waals surface area contributed by atoms with Crippen LogP contribution in [-0.2, 0) is 0 Å². The molecule has 0 unspecified atom stereocenters. The van der Waals surface area contributed by atoms with Gasteiger partial charge >= 0.3 is 12.2 Å². The van der Waals surface area contributed by atoms with Gasteiger partial charge in [0.1, 0.15) is 5.75 Å². The smallest absolute Gasteiger partial charge is 0.401 e. The Morgan fingerprint density at radius 3 is 2.70 bits per heavy atom. The van der Waals surface area contributed by atoms with Crippen LogP contribution in [0.4, 0.5) is 23.7 Å². The Labute approximate surface area is 137 Å². The molecule has 0 bridgehead atoms. The zero-order valence-electron chi connectivity index (χ0n) is 12.8. The van der Waals surface area contributed by atoms with Gasteiger partial charge in [-0.3, -0.25) is 4.90 Å². The number of methoxy groups -OCH3 is 1. The first-order valence-electron chi connectivity index (χ1n) is 6.85. The molecule has 130 valence electrons. The predicted octanol–water partition coefficient (Wildman–Crippen LogP) is 3.35. The summed E-state index contributed by atoms with van der Waals surface area (Å²) < 4.78 is 41.5. The number of nitrogens with zero attached hydrogens (tertiary/aromatic N) is 1. The number of hydrogen-bond acceptors (Lipinski definition) is 3. The van der Waals surface area contributed by atoms with Crippen LogP contribution in [0.1, 0.15) is 6.42 Å². The highest BCUT2D eigenvalue weighted by molar-refractivity contribution is 6.31. The fraction of sp³-hybridized carbons (Fsp3) is 0.500. The van der Waals surface area contributed by atoms with Crippen LogP contribution in [0.5, 0.6) is 5.75 Å². The molecule has 1 rings (SSSR count). The number of carbonyl (C=O) groups excluding carboxylic acids is 1. The molecule has 1 aromatic rings. The van der Waals surface area contributed by atoms with Crippen molar-refractivity contribution in [3.63, 3.8) is 0 Å². The fourth-order valence-electron chi connectivity index (χ4n) is 1.88. The standard InChI is InChI=1S/C14H19ClF3N3O2/c1-21(9-14(16,17)18)7-3-6-19-13(22)20-11-8-10(15)4-5-12(11)23-2/h4-5,8H,3,6-7,9H2,1-2H3,(H2,19,20,22). The van der Waals surface area contributed by atoms with Crippen molar-refractivity contribution >= 4 is 23.3 Å². The third kappa shape index (κ3) is 7.94. The number of nitrogens with one attached hydrogen (secondary N) is 2. The Kier molecular flexibility index (Phi) is 7.44. The summed E-state index contributed by atoms with van der Waals surface area (Å²) in [7, 11) is 2.84. The highest BCUT2D eigenvalue weighted by atomic mass is 35.5. The second-order valence-electron chi connectivity index (χ2n) is 4.93. The second-order valence-corrected chi connectivity index (χ2v) is 5.37. The van der Waals surface area contributed by atoms with Gasteiger partial charge in [-0.1, -0.05) is 11.6 Å². The molecule has 0 heterocycles. The molecule has 1 aromatic carbocycles. The van der Waals surface area contributed by atoms with Gasteiger partial charge in [0.15, 0.2) is 0 Å². The van der Waals surface area contributed by atoms with Crippen LogP contribution in [0.3, 0.4) is 0 Å². The Morgan fingerprint density at radius 2 is 2.09 bits per heavy atom. The predicted molar refractivity (Wildman–Crippen MR) is 83.2 cm³/mol. The largest absolute Gasteiger partial charge is 0.495 e. The van der Waals surface area contributed by atoms with Gasteiger partial charge in [-0.25, -0.2) is 4.79 Å². The van der Waals surface area contributed by atoms with E-state index in [0.717, 1.165) is 4.90 Å². The van der Waals surface area contributed by atoms with Gasteiger partial charge < -0.3 is 15.4 Å². The molecule has 0 aromatic heterocycles. The van der Waals surface area contributed by atoms with E-state index < -0.39 is 18.8 Å². The highest BCUT2D eigenvalue weighted by Gasteiger charge is 2.28. The van der Waals surface area contributed by atoms with Crippen molar-refractivity contribution in [1.29, 1.82) is 0 Å². The Hall–Kier alpha value is -1.67. The number of amides is 2. The minimum Gasteiger partial charge on any atom is -0.495 e. The SMILES string of the molecule is COc1ccc(Cl)cc1NC(=O)NCCCN(C)CC(F)(F)F. The van der Waals surface area contributed by atoms with Crippen molar-refractivity contribution in [1.82, 2.24) is 10.2 Å². The Bertz CT molecular complexity index is 526. The van der Waals surface area contributed by atoms with Crippen LogP contribution in [0, 0.1) is 0 Å². The monoisotopic (exact) mass is 353 g/mol. The lowest BCUT2D eigenvalue weighted by Crippen LogP contribution is -2.35. The molecule has 5 nitrogen and oxygen atoms in total. The maximum atomic E-state index is 12.1. The number of hydrogen-bond donors (Lipinski definition) is 2. The van der Waals surface area contributed by atoms with E-state index in [1.807, 2.05) is 0 Å². The van der Waals surface area contributed by atoms with E-state index in [2.05, 4.69) is 10.6 Å². The number of anilines is 1. The maximum absolute atomic E-state index is 12.1. The van der Waals surface area contributed by atoms with Crippen molar-refractivity contribution in [2.24, 2.45) is 0 Å². The summed E-state index contributed by atoms with van der Waals surface area (Å²) in [6, 6.07) is 4.30. The molecule has 0 aliphatic heterocycles. The average molecular weight is 354 g/mol. The Morgan fingerprint density at radius 1 is 1.39 bits per heavy atom. The maximum Gasteiger partial charge on any atom is 0.401 e. The first-order chi connectivity index (χ1) is 10.7. The zero-order valence-corrected chi connectivity index (χ0v) is 13.6. The number of urea groups is 1. The van der Waals surface area contributed by atoms with Crippen molar-refractivity contribution in [2.75, 3.05) is 39.1 Å². The van der Waals surface area contributed by atoms with E-state index in [1.165, 1.54) is 20.2 Å².